The number of carbonyl (C=O) groups is 2. The number of esters is 1. The van der Waals surface area contributed by atoms with Gasteiger partial charge in [0.1, 0.15) is 4.88 Å². The van der Waals surface area contributed by atoms with E-state index < -0.39 is 28.0 Å². The molecule has 0 spiro atoms. The van der Waals surface area contributed by atoms with Crippen LogP contribution in [0.15, 0.2) is 29.2 Å². The molecule has 0 bridgehead atoms. The maximum absolute atomic E-state index is 12.7. The molecule has 1 unspecified atom stereocenters. The van der Waals surface area contributed by atoms with E-state index in [0.29, 0.717) is 18.0 Å². The third kappa shape index (κ3) is 5.11. The van der Waals surface area contributed by atoms with Crippen molar-refractivity contribution in [2.45, 2.75) is 51.0 Å². The number of hydrogen-bond acceptors (Lipinski definition) is 6. The normalized spacial score (nSPS) is 14.4. The lowest BCUT2D eigenvalue weighted by Crippen LogP contribution is -2.31. The van der Waals surface area contributed by atoms with E-state index in [1.165, 1.54) is 51.2 Å². The summed E-state index contributed by atoms with van der Waals surface area (Å²) in [4.78, 5) is 26.7. The molecule has 0 saturated carbocycles. The van der Waals surface area contributed by atoms with Gasteiger partial charge in [-0.3, -0.25) is 4.79 Å². The van der Waals surface area contributed by atoms with Gasteiger partial charge in [-0.15, -0.1) is 11.3 Å². The van der Waals surface area contributed by atoms with Gasteiger partial charge in [-0.1, -0.05) is 25.4 Å². The van der Waals surface area contributed by atoms with Crippen molar-refractivity contribution in [1.29, 1.82) is 0 Å². The van der Waals surface area contributed by atoms with Crippen molar-refractivity contribution in [3.8, 4) is 0 Å². The lowest BCUT2D eigenvalue weighted by molar-refractivity contribution is -0.123. The van der Waals surface area contributed by atoms with Gasteiger partial charge < -0.3 is 10.1 Å². The summed E-state index contributed by atoms with van der Waals surface area (Å²) in [6, 6.07) is 5.95. The van der Waals surface area contributed by atoms with Crippen LogP contribution in [0.4, 0.5) is 5.69 Å². The van der Waals surface area contributed by atoms with Crippen LogP contribution in [0.1, 0.15) is 47.3 Å². The summed E-state index contributed by atoms with van der Waals surface area (Å²) in [5, 5.41) is 2.75. The zero-order chi connectivity index (χ0) is 22.8. The summed E-state index contributed by atoms with van der Waals surface area (Å²) in [6.07, 6.45) is 1.94. The number of halogens is 1. The number of aryl methyl sites for hydroxylation is 2. The Morgan fingerprint density at radius 3 is 2.58 bits per heavy atom. The van der Waals surface area contributed by atoms with Crippen LogP contribution in [0.5, 0.6) is 0 Å². The maximum Gasteiger partial charge on any atom is 0.349 e. The Morgan fingerprint density at radius 1 is 1.23 bits per heavy atom. The molecule has 168 valence electrons. The van der Waals surface area contributed by atoms with Gasteiger partial charge >= 0.3 is 5.97 Å². The maximum atomic E-state index is 12.7. The molecular formula is C21H25ClN2O5S2. The molecular weight excluding hydrogens is 460 g/mol. The van der Waals surface area contributed by atoms with Crippen molar-refractivity contribution in [2.75, 3.05) is 18.4 Å². The molecule has 1 amide bonds. The molecule has 0 radical (unpaired) electrons. The predicted octanol–water partition coefficient (Wildman–Crippen LogP) is 4.10. The number of hydrogen-bond donors (Lipinski definition) is 1. The minimum Gasteiger partial charge on any atom is -0.448 e. The Bertz CT molecular complexity index is 1070. The zero-order valence-electron chi connectivity index (χ0n) is 17.6. The molecule has 1 aliphatic carbocycles. The number of fused-ring (bicyclic) bond motifs is 1. The molecule has 0 aliphatic heterocycles. The van der Waals surface area contributed by atoms with Crippen LogP contribution >= 0.6 is 22.9 Å². The quantitative estimate of drug-likeness (QED) is 0.569. The first-order chi connectivity index (χ1) is 14.7. The standard InChI is InChI=1S/C21H25ClN2O5S2/c1-4-24(5-2)31(27,28)15-9-10-16(22)17(12-15)23-20(25)13(3)29-21(26)19-11-14-7-6-8-18(14)30-19/h9-13H,4-8H2,1-3H3,(H,23,25). The number of anilines is 1. The minimum absolute atomic E-state index is 0.0219. The number of carbonyl (C=O) groups excluding carboxylic acids is 2. The molecule has 1 atom stereocenters. The van der Waals surface area contributed by atoms with Crippen molar-refractivity contribution < 1.29 is 22.7 Å². The van der Waals surface area contributed by atoms with Gasteiger partial charge in [-0.25, -0.2) is 13.2 Å². The highest BCUT2D eigenvalue weighted by molar-refractivity contribution is 7.89. The van der Waals surface area contributed by atoms with Crippen molar-refractivity contribution >= 4 is 50.5 Å². The highest BCUT2D eigenvalue weighted by Crippen LogP contribution is 2.31. The van der Waals surface area contributed by atoms with E-state index in [0.717, 1.165) is 19.3 Å². The topological polar surface area (TPSA) is 92.8 Å². The molecule has 1 aromatic heterocycles. The predicted molar refractivity (Wildman–Crippen MR) is 121 cm³/mol. The number of nitrogens with one attached hydrogen (secondary N) is 1. The van der Waals surface area contributed by atoms with E-state index >= 15 is 0 Å². The van der Waals surface area contributed by atoms with E-state index in [1.807, 2.05) is 6.07 Å². The van der Waals surface area contributed by atoms with Gasteiger partial charge in [0.25, 0.3) is 5.91 Å². The van der Waals surface area contributed by atoms with E-state index in [1.54, 1.807) is 13.8 Å². The lowest BCUT2D eigenvalue weighted by Gasteiger charge is -2.19. The van der Waals surface area contributed by atoms with Crippen molar-refractivity contribution in [3.63, 3.8) is 0 Å². The minimum atomic E-state index is -3.71. The van der Waals surface area contributed by atoms with Crippen molar-refractivity contribution in [2.24, 2.45) is 0 Å². The van der Waals surface area contributed by atoms with E-state index in [2.05, 4.69) is 5.32 Å². The van der Waals surface area contributed by atoms with Crippen LogP contribution in [0.25, 0.3) is 0 Å². The molecule has 31 heavy (non-hydrogen) atoms. The van der Waals surface area contributed by atoms with E-state index in [4.69, 9.17) is 16.3 Å². The Balaban J connectivity index is 1.71. The largest absolute Gasteiger partial charge is 0.448 e. The lowest BCUT2D eigenvalue weighted by atomic mass is 10.2. The molecule has 2 aromatic rings. The Kier molecular flexibility index (Phi) is 7.41. The number of nitrogens with zero attached hydrogens (tertiary/aromatic N) is 1. The molecule has 1 N–H and O–H groups in total. The Labute approximate surface area is 191 Å². The number of benzene rings is 1. The van der Waals surface area contributed by atoms with Gasteiger partial charge in [-0.05, 0) is 56.0 Å². The third-order valence-electron chi connectivity index (χ3n) is 5.14. The van der Waals surface area contributed by atoms with Crippen LogP contribution in [0.3, 0.4) is 0 Å². The fraction of sp³-hybridized carbons (Fsp3) is 0.429. The number of sulfonamides is 1. The fourth-order valence-electron chi connectivity index (χ4n) is 3.41. The Morgan fingerprint density at radius 2 is 1.94 bits per heavy atom. The molecule has 1 heterocycles. The van der Waals surface area contributed by atoms with Gasteiger partial charge in [-0.2, -0.15) is 4.31 Å². The zero-order valence-corrected chi connectivity index (χ0v) is 20.0. The first-order valence-electron chi connectivity index (χ1n) is 10.1. The SMILES string of the molecule is CCN(CC)S(=O)(=O)c1ccc(Cl)c(NC(=O)C(C)OC(=O)c2cc3c(s2)CCC3)c1. The van der Waals surface area contributed by atoms with Crippen molar-refractivity contribution in [3.05, 3.63) is 44.6 Å². The second-order valence-electron chi connectivity index (χ2n) is 7.18. The molecule has 7 nitrogen and oxygen atoms in total. The Hall–Kier alpha value is -1.94. The fourth-order valence-corrected chi connectivity index (χ4v) is 6.20. The van der Waals surface area contributed by atoms with Gasteiger partial charge in [0.2, 0.25) is 10.0 Å². The average Bonchev–Trinajstić information content (AvgIpc) is 3.32. The van der Waals surface area contributed by atoms with Crippen LogP contribution in [-0.2, 0) is 32.4 Å². The molecule has 1 aromatic carbocycles. The van der Waals surface area contributed by atoms with E-state index in [-0.39, 0.29) is 15.6 Å². The molecule has 3 rings (SSSR count). The van der Waals surface area contributed by atoms with Crippen LogP contribution in [-0.4, -0.2) is 43.8 Å². The highest BCUT2D eigenvalue weighted by atomic mass is 35.5. The van der Waals surface area contributed by atoms with Crippen molar-refractivity contribution in [1.82, 2.24) is 4.31 Å². The number of rotatable bonds is 8. The highest BCUT2D eigenvalue weighted by Gasteiger charge is 2.26. The monoisotopic (exact) mass is 484 g/mol. The summed E-state index contributed by atoms with van der Waals surface area (Å²) >= 11 is 7.56. The van der Waals surface area contributed by atoms with Gasteiger partial charge in [0.05, 0.1) is 15.6 Å². The molecule has 0 fully saturated rings. The van der Waals surface area contributed by atoms with Crippen LogP contribution in [0.2, 0.25) is 5.02 Å². The second kappa shape index (κ2) is 9.68. The summed E-state index contributed by atoms with van der Waals surface area (Å²) in [6.45, 7) is 5.60. The molecule has 1 aliphatic rings. The third-order valence-corrected chi connectivity index (χ3v) is 8.73. The summed E-state index contributed by atoms with van der Waals surface area (Å²) in [5.74, 6) is -1.15. The van der Waals surface area contributed by atoms with Crippen LogP contribution < -0.4 is 5.32 Å². The number of ether oxygens (including phenoxy) is 1. The van der Waals surface area contributed by atoms with E-state index in [9.17, 15) is 18.0 Å². The average molecular weight is 485 g/mol. The molecule has 10 heteroatoms. The second-order valence-corrected chi connectivity index (χ2v) is 10.7. The summed E-state index contributed by atoms with van der Waals surface area (Å²) < 4.78 is 32.1. The smallest absolute Gasteiger partial charge is 0.349 e. The van der Waals surface area contributed by atoms with Gasteiger partial charge in [0, 0.05) is 18.0 Å². The first-order valence-corrected chi connectivity index (χ1v) is 12.7. The first kappa shape index (κ1) is 23.7. The number of thiophene rings is 1. The summed E-state index contributed by atoms with van der Waals surface area (Å²) in [5.41, 5.74) is 1.31. The van der Waals surface area contributed by atoms with Crippen LogP contribution in [0, 0.1) is 0 Å². The molecule has 0 saturated heterocycles. The van der Waals surface area contributed by atoms with Gasteiger partial charge in [0.15, 0.2) is 6.10 Å². The summed E-state index contributed by atoms with van der Waals surface area (Å²) in [7, 11) is -3.71. The number of amides is 1.